The normalized spacial score (nSPS) is 14.5. The van der Waals surface area contributed by atoms with Gasteiger partial charge in [0.15, 0.2) is 11.5 Å². The molecule has 0 atom stereocenters. The standard InChI is InChI=1S/C26H22ClNO5S/c1-31-23-15-18(11-12-22(23)33-14-13-32-20-8-3-2-4-9-20)16-24-25(29)28(26(30)34-24)17-19-7-5-6-10-21(19)27/h2-12,15-16H,13-14,17H2,1H3/b24-16-. The number of methoxy groups -OCH3 is 1. The number of hydrogen-bond acceptors (Lipinski definition) is 6. The number of para-hydroxylation sites is 1. The number of halogens is 1. The van der Waals surface area contributed by atoms with E-state index >= 15 is 0 Å². The molecule has 3 aromatic rings. The molecule has 4 rings (SSSR count). The van der Waals surface area contributed by atoms with Gasteiger partial charge in [-0.3, -0.25) is 14.5 Å². The highest BCUT2D eigenvalue weighted by Crippen LogP contribution is 2.35. The van der Waals surface area contributed by atoms with Crippen LogP contribution in [0.3, 0.4) is 0 Å². The zero-order valence-electron chi connectivity index (χ0n) is 18.4. The van der Waals surface area contributed by atoms with Gasteiger partial charge in [0.1, 0.15) is 19.0 Å². The number of thioether (sulfide) groups is 1. The maximum absolute atomic E-state index is 12.9. The summed E-state index contributed by atoms with van der Waals surface area (Å²) in [5, 5.41) is 0.182. The van der Waals surface area contributed by atoms with Gasteiger partial charge in [0.05, 0.1) is 18.6 Å². The summed E-state index contributed by atoms with van der Waals surface area (Å²) in [5.74, 6) is 1.50. The quantitative estimate of drug-likeness (QED) is 0.266. The van der Waals surface area contributed by atoms with Crippen molar-refractivity contribution in [3.63, 3.8) is 0 Å². The Kier molecular flexibility index (Phi) is 7.77. The van der Waals surface area contributed by atoms with Crippen LogP contribution in [0, 0.1) is 0 Å². The molecule has 0 spiro atoms. The Morgan fingerprint density at radius 3 is 2.41 bits per heavy atom. The molecule has 0 aliphatic carbocycles. The summed E-state index contributed by atoms with van der Waals surface area (Å²) in [4.78, 5) is 26.8. The van der Waals surface area contributed by atoms with E-state index in [9.17, 15) is 9.59 Å². The molecule has 0 radical (unpaired) electrons. The Balaban J connectivity index is 1.40. The van der Waals surface area contributed by atoms with Crippen molar-refractivity contribution >= 4 is 40.6 Å². The molecule has 0 aromatic heterocycles. The first-order valence-electron chi connectivity index (χ1n) is 10.5. The van der Waals surface area contributed by atoms with Crippen LogP contribution in [0.1, 0.15) is 11.1 Å². The van der Waals surface area contributed by atoms with E-state index in [0.717, 1.165) is 17.5 Å². The topological polar surface area (TPSA) is 65.1 Å². The van der Waals surface area contributed by atoms with E-state index in [1.807, 2.05) is 36.4 Å². The minimum absolute atomic E-state index is 0.128. The van der Waals surface area contributed by atoms with Crippen LogP contribution < -0.4 is 14.2 Å². The second-order valence-corrected chi connectivity index (χ2v) is 8.68. The van der Waals surface area contributed by atoms with Gasteiger partial charge in [-0.15, -0.1) is 0 Å². The molecule has 34 heavy (non-hydrogen) atoms. The van der Waals surface area contributed by atoms with Gasteiger partial charge < -0.3 is 14.2 Å². The van der Waals surface area contributed by atoms with Crippen molar-refractivity contribution in [1.82, 2.24) is 4.90 Å². The van der Waals surface area contributed by atoms with Gasteiger partial charge in [0, 0.05) is 5.02 Å². The lowest BCUT2D eigenvalue weighted by molar-refractivity contribution is -0.123. The molecule has 1 heterocycles. The third kappa shape index (κ3) is 5.73. The summed E-state index contributed by atoms with van der Waals surface area (Å²) >= 11 is 7.09. The molecule has 1 fully saturated rings. The number of benzene rings is 3. The van der Waals surface area contributed by atoms with Crippen molar-refractivity contribution in [2.45, 2.75) is 6.54 Å². The molecule has 1 aliphatic heterocycles. The van der Waals surface area contributed by atoms with Crippen LogP contribution in [0.25, 0.3) is 6.08 Å². The number of ether oxygens (including phenoxy) is 3. The first-order chi connectivity index (χ1) is 16.5. The molecular weight excluding hydrogens is 474 g/mol. The summed E-state index contributed by atoms with van der Waals surface area (Å²) in [7, 11) is 1.55. The van der Waals surface area contributed by atoms with E-state index in [-0.39, 0.29) is 17.7 Å². The molecule has 0 N–H and O–H groups in total. The zero-order chi connectivity index (χ0) is 23.9. The van der Waals surface area contributed by atoms with Crippen LogP contribution in [0.4, 0.5) is 4.79 Å². The summed E-state index contributed by atoms with van der Waals surface area (Å²) in [6.45, 7) is 0.849. The fourth-order valence-electron chi connectivity index (χ4n) is 3.31. The zero-order valence-corrected chi connectivity index (χ0v) is 20.0. The molecule has 8 heteroatoms. The Labute approximate surface area is 207 Å². The number of amides is 2. The molecule has 174 valence electrons. The summed E-state index contributed by atoms with van der Waals surface area (Å²) in [6.07, 6.45) is 1.67. The predicted molar refractivity (Wildman–Crippen MR) is 133 cm³/mol. The van der Waals surface area contributed by atoms with Gasteiger partial charge in [-0.05, 0) is 59.3 Å². The van der Waals surface area contributed by atoms with Gasteiger partial charge in [0.25, 0.3) is 11.1 Å². The number of rotatable bonds is 9. The molecule has 1 aliphatic rings. The van der Waals surface area contributed by atoms with Crippen molar-refractivity contribution in [3.8, 4) is 17.2 Å². The van der Waals surface area contributed by atoms with Crippen LogP contribution in [-0.4, -0.2) is 36.4 Å². The average molecular weight is 496 g/mol. The number of carbonyl (C=O) groups is 2. The highest BCUT2D eigenvalue weighted by atomic mass is 35.5. The fourth-order valence-corrected chi connectivity index (χ4v) is 4.34. The Morgan fingerprint density at radius 1 is 0.912 bits per heavy atom. The SMILES string of the molecule is COc1cc(/C=C2\SC(=O)N(Cc3ccccc3Cl)C2=O)ccc1OCCOc1ccccc1. The number of nitrogens with zero attached hydrogens (tertiary/aromatic N) is 1. The van der Waals surface area contributed by atoms with Crippen LogP contribution >= 0.6 is 23.4 Å². The summed E-state index contributed by atoms with van der Waals surface area (Å²) in [6, 6.07) is 22.0. The highest BCUT2D eigenvalue weighted by molar-refractivity contribution is 8.18. The lowest BCUT2D eigenvalue weighted by Crippen LogP contribution is -2.27. The molecule has 0 saturated carbocycles. The smallest absolute Gasteiger partial charge is 0.293 e. The van der Waals surface area contributed by atoms with Gasteiger partial charge in [0.2, 0.25) is 0 Å². The second-order valence-electron chi connectivity index (χ2n) is 7.28. The maximum Gasteiger partial charge on any atom is 0.293 e. The predicted octanol–water partition coefficient (Wildman–Crippen LogP) is 6.04. The maximum atomic E-state index is 12.9. The Bertz CT molecular complexity index is 1210. The summed E-state index contributed by atoms with van der Waals surface area (Å²) < 4.78 is 16.9. The third-order valence-electron chi connectivity index (χ3n) is 5.00. The van der Waals surface area contributed by atoms with Crippen LogP contribution in [-0.2, 0) is 11.3 Å². The van der Waals surface area contributed by atoms with E-state index < -0.39 is 0 Å². The van der Waals surface area contributed by atoms with E-state index in [1.54, 1.807) is 49.6 Å². The van der Waals surface area contributed by atoms with Crippen molar-refractivity contribution in [3.05, 3.63) is 93.9 Å². The minimum Gasteiger partial charge on any atom is -0.493 e. The molecule has 1 saturated heterocycles. The average Bonchev–Trinajstić information content (AvgIpc) is 3.11. The van der Waals surface area contributed by atoms with E-state index in [4.69, 9.17) is 25.8 Å². The fraction of sp³-hybridized carbons (Fsp3) is 0.154. The minimum atomic E-state index is -0.354. The van der Waals surface area contributed by atoms with Crippen LogP contribution in [0.2, 0.25) is 5.02 Å². The molecular formula is C26H22ClNO5S. The van der Waals surface area contributed by atoms with Gasteiger partial charge in [-0.1, -0.05) is 54.1 Å². The largest absolute Gasteiger partial charge is 0.493 e. The van der Waals surface area contributed by atoms with Crippen LogP contribution in [0.15, 0.2) is 77.7 Å². The number of imide groups is 1. The van der Waals surface area contributed by atoms with Gasteiger partial charge in [-0.25, -0.2) is 0 Å². The molecule has 0 bridgehead atoms. The monoisotopic (exact) mass is 495 g/mol. The molecule has 3 aromatic carbocycles. The first kappa shape index (κ1) is 23.7. The summed E-state index contributed by atoms with van der Waals surface area (Å²) in [5.41, 5.74) is 1.43. The van der Waals surface area contributed by atoms with Crippen molar-refractivity contribution < 1.29 is 23.8 Å². The third-order valence-corrected chi connectivity index (χ3v) is 6.27. The van der Waals surface area contributed by atoms with Crippen LogP contribution in [0.5, 0.6) is 17.2 Å². The Morgan fingerprint density at radius 2 is 1.65 bits per heavy atom. The van der Waals surface area contributed by atoms with E-state index in [1.165, 1.54) is 4.90 Å². The van der Waals surface area contributed by atoms with Gasteiger partial charge in [-0.2, -0.15) is 0 Å². The van der Waals surface area contributed by atoms with E-state index in [2.05, 4.69) is 0 Å². The van der Waals surface area contributed by atoms with Crippen molar-refractivity contribution in [2.24, 2.45) is 0 Å². The second kappa shape index (κ2) is 11.1. The first-order valence-corrected chi connectivity index (χ1v) is 11.7. The van der Waals surface area contributed by atoms with Crippen molar-refractivity contribution in [1.29, 1.82) is 0 Å². The lowest BCUT2D eigenvalue weighted by Gasteiger charge is -2.13. The number of hydrogen-bond donors (Lipinski definition) is 0. The van der Waals surface area contributed by atoms with Gasteiger partial charge >= 0.3 is 0 Å². The molecule has 0 unspecified atom stereocenters. The number of carbonyl (C=O) groups excluding carboxylic acids is 2. The molecule has 2 amide bonds. The molecule has 6 nitrogen and oxygen atoms in total. The van der Waals surface area contributed by atoms with Crippen molar-refractivity contribution in [2.75, 3.05) is 20.3 Å². The Hall–Kier alpha value is -3.42. The highest BCUT2D eigenvalue weighted by Gasteiger charge is 2.35. The van der Waals surface area contributed by atoms with E-state index in [0.29, 0.717) is 45.8 Å². The lowest BCUT2D eigenvalue weighted by atomic mass is 10.1.